The molecule has 1 unspecified atom stereocenters. The summed E-state index contributed by atoms with van der Waals surface area (Å²) in [6.07, 6.45) is 2.44. The zero-order chi connectivity index (χ0) is 16.9. The second-order valence-electron chi connectivity index (χ2n) is 6.14. The lowest BCUT2D eigenvalue weighted by Crippen LogP contribution is -2.40. The molecular weight excluding hydrogens is 362 g/mol. The van der Waals surface area contributed by atoms with Gasteiger partial charge in [-0.15, -0.1) is 12.4 Å². The fraction of sp³-hybridized carbons (Fsp3) is 0.529. The zero-order valence-corrected chi connectivity index (χ0v) is 15.8. The number of anilines is 1. The smallest absolute Gasteiger partial charge is 0.253 e. The molecule has 0 aromatic heterocycles. The lowest BCUT2D eigenvalue weighted by molar-refractivity contribution is -0.116. The highest BCUT2D eigenvalue weighted by Gasteiger charge is 2.26. The summed E-state index contributed by atoms with van der Waals surface area (Å²) in [5.74, 6) is 2.37. The van der Waals surface area contributed by atoms with Crippen LogP contribution in [0.4, 0.5) is 5.69 Å². The molecule has 1 saturated carbocycles. The van der Waals surface area contributed by atoms with E-state index in [1.807, 2.05) is 11.8 Å². The highest BCUT2D eigenvalue weighted by molar-refractivity contribution is 7.99. The molecule has 1 aromatic rings. The maximum Gasteiger partial charge on any atom is 0.253 e. The number of carbonyl (C=O) groups excluding carboxylic acids is 2. The number of methoxy groups -OCH3 is 1. The molecule has 1 heterocycles. The predicted molar refractivity (Wildman–Crippen MR) is 103 cm³/mol. The number of amides is 2. The largest absolute Gasteiger partial charge is 0.497 e. The first-order valence-corrected chi connectivity index (χ1v) is 9.41. The van der Waals surface area contributed by atoms with Gasteiger partial charge < -0.3 is 20.7 Å². The number of thioether (sulfide) groups is 1. The Labute approximate surface area is 158 Å². The molecule has 2 fully saturated rings. The molecular formula is C17H24ClN3O3S. The third-order valence-corrected chi connectivity index (χ3v) is 5.22. The maximum absolute atomic E-state index is 12.4. The average Bonchev–Trinajstić information content (AvgIpc) is 3.40. The number of hydrogen-bond acceptors (Lipinski definition) is 5. The van der Waals surface area contributed by atoms with E-state index < -0.39 is 0 Å². The monoisotopic (exact) mass is 385 g/mol. The number of benzene rings is 1. The van der Waals surface area contributed by atoms with Crippen LogP contribution in [0.5, 0.6) is 5.75 Å². The van der Waals surface area contributed by atoms with E-state index in [1.165, 1.54) is 0 Å². The fourth-order valence-corrected chi connectivity index (χ4v) is 3.56. The molecule has 8 heteroatoms. The number of halogens is 1. The number of hydrogen-bond donors (Lipinski definition) is 3. The van der Waals surface area contributed by atoms with Crippen molar-refractivity contribution in [2.45, 2.75) is 31.3 Å². The molecule has 138 valence electrons. The van der Waals surface area contributed by atoms with Crippen LogP contribution in [-0.2, 0) is 4.79 Å². The van der Waals surface area contributed by atoms with Crippen LogP contribution in [0.25, 0.3) is 0 Å². The Morgan fingerprint density at radius 3 is 2.80 bits per heavy atom. The molecule has 1 aliphatic heterocycles. The molecule has 6 nitrogen and oxygen atoms in total. The molecule has 1 aromatic carbocycles. The van der Waals surface area contributed by atoms with Crippen molar-refractivity contribution >= 4 is 41.7 Å². The van der Waals surface area contributed by atoms with Gasteiger partial charge in [0.15, 0.2) is 0 Å². The van der Waals surface area contributed by atoms with Crippen LogP contribution in [0, 0.1) is 0 Å². The molecule has 1 atom stereocenters. The first-order valence-electron chi connectivity index (χ1n) is 8.25. The first kappa shape index (κ1) is 19.9. The molecule has 0 radical (unpaired) electrons. The van der Waals surface area contributed by atoms with Crippen molar-refractivity contribution in [3.8, 4) is 5.75 Å². The third-order valence-electron chi connectivity index (χ3n) is 4.09. The van der Waals surface area contributed by atoms with Crippen LogP contribution < -0.4 is 20.7 Å². The minimum atomic E-state index is -0.168. The summed E-state index contributed by atoms with van der Waals surface area (Å²) >= 11 is 1.85. The number of ether oxygens (including phenoxy) is 1. The Kier molecular flexibility index (Phi) is 7.40. The van der Waals surface area contributed by atoms with Gasteiger partial charge in [0, 0.05) is 36.6 Å². The first-order chi connectivity index (χ1) is 11.7. The SMILES string of the molecule is COc1ccc(NC(=O)CC2CSCCN2)c(C(=O)NC2CC2)c1.Cl. The molecule has 0 spiro atoms. The van der Waals surface area contributed by atoms with Crippen LogP contribution in [0.3, 0.4) is 0 Å². The Hall–Kier alpha value is -1.44. The standard InChI is InChI=1S/C17H23N3O3S.ClH/c1-23-13-4-5-15(14(9-13)17(22)19-11-2-3-11)20-16(21)8-12-10-24-7-6-18-12;/h4-5,9,11-12,18H,2-3,6-8,10H2,1H3,(H,19,22)(H,20,21);1H. The Balaban J connectivity index is 0.00000225. The van der Waals surface area contributed by atoms with Gasteiger partial charge >= 0.3 is 0 Å². The third kappa shape index (κ3) is 5.80. The highest BCUT2D eigenvalue weighted by Crippen LogP contribution is 2.25. The van der Waals surface area contributed by atoms with Crippen molar-refractivity contribution in [3.63, 3.8) is 0 Å². The molecule has 1 saturated heterocycles. The molecule has 3 N–H and O–H groups in total. The summed E-state index contributed by atoms with van der Waals surface area (Å²) in [5, 5.41) is 9.18. The Bertz CT molecular complexity index is 619. The van der Waals surface area contributed by atoms with E-state index >= 15 is 0 Å². The summed E-state index contributed by atoms with van der Waals surface area (Å²) in [4.78, 5) is 24.7. The zero-order valence-electron chi connectivity index (χ0n) is 14.2. The summed E-state index contributed by atoms with van der Waals surface area (Å²) in [6, 6.07) is 5.59. The van der Waals surface area contributed by atoms with Crippen molar-refractivity contribution in [1.29, 1.82) is 0 Å². The van der Waals surface area contributed by atoms with Crippen LogP contribution in [0.2, 0.25) is 0 Å². The van der Waals surface area contributed by atoms with Gasteiger partial charge in [0.2, 0.25) is 5.91 Å². The van der Waals surface area contributed by atoms with Crippen molar-refractivity contribution in [2.75, 3.05) is 30.5 Å². The molecule has 1 aliphatic carbocycles. The van der Waals surface area contributed by atoms with Crippen molar-refractivity contribution in [2.24, 2.45) is 0 Å². The highest BCUT2D eigenvalue weighted by atomic mass is 35.5. The molecule has 0 bridgehead atoms. The molecule has 2 aliphatic rings. The van der Waals surface area contributed by atoms with Crippen molar-refractivity contribution in [1.82, 2.24) is 10.6 Å². The minimum Gasteiger partial charge on any atom is -0.497 e. The Morgan fingerprint density at radius 2 is 2.16 bits per heavy atom. The second kappa shape index (κ2) is 9.31. The summed E-state index contributed by atoms with van der Waals surface area (Å²) in [6.45, 7) is 0.931. The van der Waals surface area contributed by atoms with E-state index in [0.29, 0.717) is 23.4 Å². The van der Waals surface area contributed by atoms with E-state index in [2.05, 4.69) is 16.0 Å². The number of nitrogens with one attached hydrogen (secondary N) is 3. The van der Waals surface area contributed by atoms with Gasteiger partial charge in [-0.1, -0.05) is 0 Å². The normalized spacial score (nSPS) is 19.5. The second-order valence-corrected chi connectivity index (χ2v) is 7.29. The van der Waals surface area contributed by atoms with E-state index in [4.69, 9.17) is 4.74 Å². The van der Waals surface area contributed by atoms with Gasteiger partial charge in [0.05, 0.1) is 18.4 Å². The molecule has 2 amide bonds. The average molecular weight is 386 g/mol. The van der Waals surface area contributed by atoms with E-state index in [0.717, 1.165) is 30.9 Å². The number of carbonyl (C=O) groups is 2. The molecule has 25 heavy (non-hydrogen) atoms. The number of rotatable bonds is 6. The van der Waals surface area contributed by atoms with Crippen LogP contribution in [0.1, 0.15) is 29.6 Å². The van der Waals surface area contributed by atoms with Gasteiger partial charge in [0.25, 0.3) is 5.91 Å². The van der Waals surface area contributed by atoms with Crippen LogP contribution in [0.15, 0.2) is 18.2 Å². The predicted octanol–water partition coefficient (Wildman–Crippen LogP) is 2.04. The van der Waals surface area contributed by atoms with Gasteiger partial charge in [-0.05, 0) is 31.0 Å². The lowest BCUT2D eigenvalue weighted by atomic mass is 10.1. The quantitative estimate of drug-likeness (QED) is 0.698. The minimum absolute atomic E-state index is 0. The van der Waals surface area contributed by atoms with E-state index in [1.54, 1.807) is 25.3 Å². The maximum atomic E-state index is 12.4. The summed E-state index contributed by atoms with van der Waals surface area (Å²) in [7, 11) is 1.56. The van der Waals surface area contributed by atoms with Crippen LogP contribution in [-0.4, -0.2) is 49.1 Å². The molecule has 3 rings (SSSR count). The van der Waals surface area contributed by atoms with Gasteiger partial charge in [-0.2, -0.15) is 11.8 Å². The fourth-order valence-electron chi connectivity index (χ4n) is 2.61. The van der Waals surface area contributed by atoms with Crippen LogP contribution >= 0.6 is 24.2 Å². The summed E-state index contributed by atoms with van der Waals surface area (Å²) < 4.78 is 5.20. The van der Waals surface area contributed by atoms with Gasteiger partial charge in [-0.25, -0.2) is 0 Å². The Morgan fingerprint density at radius 1 is 1.36 bits per heavy atom. The van der Waals surface area contributed by atoms with Gasteiger partial charge in [-0.3, -0.25) is 9.59 Å². The van der Waals surface area contributed by atoms with Crippen molar-refractivity contribution < 1.29 is 14.3 Å². The van der Waals surface area contributed by atoms with E-state index in [9.17, 15) is 9.59 Å². The van der Waals surface area contributed by atoms with Gasteiger partial charge in [0.1, 0.15) is 5.75 Å². The topological polar surface area (TPSA) is 79.5 Å². The van der Waals surface area contributed by atoms with E-state index in [-0.39, 0.29) is 36.3 Å². The lowest BCUT2D eigenvalue weighted by Gasteiger charge is -2.22. The van der Waals surface area contributed by atoms with Crippen molar-refractivity contribution in [3.05, 3.63) is 23.8 Å². The summed E-state index contributed by atoms with van der Waals surface area (Å²) in [5.41, 5.74) is 0.975.